The molecule has 0 spiro atoms. The van der Waals surface area contributed by atoms with Gasteiger partial charge in [0, 0.05) is 12.6 Å². The van der Waals surface area contributed by atoms with Gasteiger partial charge in [-0.3, -0.25) is 4.79 Å². The first-order chi connectivity index (χ1) is 12.1. The summed E-state index contributed by atoms with van der Waals surface area (Å²) in [4.78, 5) is 12.2. The van der Waals surface area contributed by atoms with Crippen LogP contribution < -0.4 is 19.5 Å². The van der Waals surface area contributed by atoms with Gasteiger partial charge in [-0.2, -0.15) is 0 Å². The predicted octanol–water partition coefficient (Wildman–Crippen LogP) is 3.56. The van der Waals surface area contributed by atoms with Crippen molar-refractivity contribution in [1.82, 2.24) is 5.32 Å². The fraction of sp³-hybridized carbons (Fsp3) is 0.316. The number of benzene rings is 2. The Balaban J connectivity index is 2.04. The maximum absolute atomic E-state index is 13.9. The molecule has 134 valence electrons. The summed E-state index contributed by atoms with van der Waals surface area (Å²) in [5.74, 6) is 0.487. The fourth-order valence-corrected chi connectivity index (χ4v) is 2.24. The van der Waals surface area contributed by atoms with E-state index in [1.165, 1.54) is 19.2 Å². The van der Waals surface area contributed by atoms with Gasteiger partial charge < -0.3 is 19.5 Å². The van der Waals surface area contributed by atoms with Crippen LogP contribution in [0, 0.1) is 5.82 Å². The number of carbonyl (C=O) groups excluding carboxylic acids is 1. The van der Waals surface area contributed by atoms with Gasteiger partial charge in [0.1, 0.15) is 11.6 Å². The third kappa shape index (κ3) is 4.86. The Morgan fingerprint density at radius 3 is 2.52 bits per heavy atom. The highest BCUT2D eigenvalue weighted by molar-refractivity contribution is 5.94. The minimum Gasteiger partial charge on any atom is -0.497 e. The SMILES string of the molecule is CCCOc1ccc(CNC(=O)c2ccc(OC)cc2F)cc1OC. The Labute approximate surface area is 146 Å². The van der Waals surface area contributed by atoms with Crippen molar-refractivity contribution >= 4 is 5.91 Å². The van der Waals surface area contributed by atoms with Crippen LogP contribution in [0.15, 0.2) is 36.4 Å². The zero-order valence-corrected chi connectivity index (χ0v) is 14.6. The van der Waals surface area contributed by atoms with Crippen LogP contribution in [0.25, 0.3) is 0 Å². The zero-order chi connectivity index (χ0) is 18.2. The molecule has 2 aromatic carbocycles. The molecular weight excluding hydrogens is 325 g/mol. The summed E-state index contributed by atoms with van der Waals surface area (Å²) < 4.78 is 29.8. The molecule has 1 N–H and O–H groups in total. The molecule has 0 heterocycles. The summed E-state index contributed by atoms with van der Waals surface area (Å²) in [6.45, 7) is 2.87. The first-order valence-electron chi connectivity index (χ1n) is 8.00. The highest BCUT2D eigenvalue weighted by atomic mass is 19.1. The number of methoxy groups -OCH3 is 2. The topological polar surface area (TPSA) is 56.8 Å². The number of hydrogen-bond donors (Lipinski definition) is 1. The van der Waals surface area contributed by atoms with Gasteiger partial charge in [-0.05, 0) is 36.2 Å². The van der Waals surface area contributed by atoms with E-state index in [4.69, 9.17) is 14.2 Å². The van der Waals surface area contributed by atoms with Crippen LogP contribution in [-0.2, 0) is 6.54 Å². The van der Waals surface area contributed by atoms with Crippen molar-refractivity contribution in [2.45, 2.75) is 19.9 Å². The molecule has 0 saturated carbocycles. The molecule has 2 rings (SSSR count). The van der Waals surface area contributed by atoms with Crippen molar-refractivity contribution < 1.29 is 23.4 Å². The Bertz CT molecular complexity index is 733. The van der Waals surface area contributed by atoms with E-state index in [-0.39, 0.29) is 12.1 Å². The average Bonchev–Trinajstić information content (AvgIpc) is 2.64. The summed E-state index contributed by atoms with van der Waals surface area (Å²) in [6, 6.07) is 9.53. The van der Waals surface area contributed by atoms with Crippen molar-refractivity contribution in [3.8, 4) is 17.2 Å². The summed E-state index contributed by atoms with van der Waals surface area (Å²) in [5, 5.41) is 2.69. The lowest BCUT2D eigenvalue weighted by molar-refractivity contribution is 0.0946. The van der Waals surface area contributed by atoms with Gasteiger partial charge in [-0.15, -0.1) is 0 Å². The van der Waals surface area contributed by atoms with Crippen LogP contribution in [0.4, 0.5) is 4.39 Å². The summed E-state index contributed by atoms with van der Waals surface area (Å²) in [5.41, 5.74) is 0.790. The van der Waals surface area contributed by atoms with E-state index < -0.39 is 11.7 Å². The van der Waals surface area contributed by atoms with Crippen molar-refractivity contribution in [2.75, 3.05) is 20.8 Å². The Kier molecular flexibility index (Phi) is 6.62. The first kappa shape index (κ1) is 18.6. The fourth-order valence-electron chi connectivity index (χ4n) is 2.24. The minimum absolute atomic E-state index is 0.0318. The molecule has 0 aromatic heterocycles. The molecule has 0 aliphatic rings. The largest absolute Gasteiger partial charge is 0.497 e. The highest BCUT2D eigenvalue weighted by Gasteiger charge is 2.13. The van der Waals surface area contributed by atoms with Crippen molar-refractivity contribution in [3.05, 3.63) is 53.3 Å². The van der Waals surface area contributed by atoms with E-state index in [1.54, 1.807) is 25.3 Å². The van der Waals surface area contributed by atoms with Crippen LogP contribution in [0.5, 0.6) is 17.2 Å². The quantitative estimate of drug-likeness (QED) is 0.793. The van der Waals surface area contributed by atoms with Crippen LogP contribution in [0.2, 0.25) is 0 Å². The molecule has 0 unspecified atom stereocenters. The molecule has 0 fully saturated rings. The van der Waals surface area contributed by atoms with Crippen molar-refractivity contribution in [1.29, 1.82) is 0 Å². The molecule has 2 aromatic rings. The number of amides is 1. The van der Waals surface area contributed by atoms with Crippen molar-refractivity contribution in [3.63, 3.8) is 0 Å². The van der Waals surface area contributed by atoms with Crippen LogP contribution in [0.3, 0.4) is 0 Å². The van der Waals surface area contributed by atoms with Gasteiger partial charge in [0.2, 0.25) is 0 Å². The summed E-state index contributed by atoms with van der Waals surface area (Å²) >= 11 is 0. The Morgan fingerprint density at radius 2 is 1.88 bits per heavy atom. The van der Waals surface area contributed by atoms with Gasteiger partial charge in [-0.25, -0.2) is 4.39 Å². The molecule has 0 aliphatic carbocycles. The number of rotatable bonds is 8. The van der Waals surface area contributed by atoms with E-state index >= 15 is 0 Å². The minimum atomic E-state index is -0.627. The molecule has 25 heavy (non-hydrogen) atoms. The summed E-state index contributed by atoms with van der Waals surface area (Å²) in [6.07, 6.45) is 0.897. The molecule has 0 bridgehead atoms. The molecule has 0 radical (unpaired) electrons. The maximum Gasteiger partial charge on any atom is 0.254 e. The summed E-state index contributed by atoms with van der Waals surface area (Å²) in [7, 11) is 3.00. The molecular formula is C19H22FNO4. The Morgan fingerprint density at radius 1 is 1.08 bits per heavy atom. The van der Waals surface area contributed by atoms with Gasteiger partial charge in [0.05, 0.1) is 26.4 Å². The van der Waals surface area contributed by atoms with Crippen LogP contribution >= 0.6 is 0 Å². The second-order valence-corrected chi connectivity index (χ2v) is 5.36. The van der Waals surface area contributed by atoms with Gasteiger partial charge in [0.25, 0.3) is 5.91 Å². The second kappa shape index (κ2) is 8.92. The average molecular weight is 347 g/mol. The van der Waals surface area contributed by atoms with E-state index in [1.807, 2.05) is 13.0 Å². The van der Waals surface area contributed by atoms with E-state index in [0.29, 0.717) is 23.9 Å². The highest BCUT2D eigenvalue weighted by Crippen LogP contribution is 2.28. The number of halogens is 1. The van der Waals surface area contributed by atoms with Crippen molar-refractivity contribution in [2.24, 2.45) is 0 Å². The van der Waals surface area contributed by atoms with E-state index in [9.17, 15) is 9.18 Å². The number of nitrogens with one attached hydrogen (secondary N) is 1. The maximum atomic E-state index is 13.9. The third-order valence-electron chi connectivity index (χ3n) is 3.56. The molecule has 0 atom stereocenters. The molecule has 0 aliphatic heterocycles. The number of hydrogen-bond acceptors (Lipinski definition) is 4. The number of carbonyl (C=O) groups is 1. The molecule has 6 heteroatoms. The van der Waals surface area contributed by atoms with Crippen LogP contribution in [0.1, 0.15) is 29.3 Å². The van der Waals surface area contributed by atoms with Crippen LogP contribution in [-0.4, -0.2) is 26.7 Å². The third-order valence-corrected chi connectivity index (χ3v) is 3.56. The molecule has 0 saturated heterocycles. The van der Waals surface area contributed by atoms with Gasteiger partial charge in [-0.1, -0.05) is 13.0 Å². The number of ether oxygens (including phenoxy) is 3. The zero-order valence-electron chi connectivity index (χ0n) is 14.6. The first-order valence-corrected chi connectivity index (χ1v) is 8.00. The second-order valence-electron chi connectivity index (χ2n) is 5.36. The normalized spacial score (nSPS) is 10.2. The molecule has 1 amide bonds. The molecule has 5 nitrogen and oxygen atoms in total. The standard InChI is InChI=1S/C19H22FNO4/c1-4-9-25-17-8-5-13(10-18(17)24-3)12-21-19(22)15-7-6-14(23-2)11-16(15)20/h5-8,10-11H,4,9,12H2,1-3H3,(H,21,22). The van der Waals surface area contributed by atoms with E-state index in [2.05, 4.69) is 5.32 Å². The Hall–Kier alpha value is -2.76. The van der Waals surface area contributed by atoms with Gasteiger partial charge >= 0.3 is 0 Å². The predicted molar refractivity (Wildman–Crippen MR) is 92.9 cm³/mol. The van der Waals surface area contributed by atoms with Gasteiger partial charge in [0.15, 0.2) is 11.5 Å². The lowest BCUT2D eigenvalue weighted by atomic mass is 10.1. The smallest absolute Gasteiger partial charge is 0.254 e. The lowest BCUT2D eigenvalue weighted by Gasteiger charge is -2.12. The monoisotopic (exact) mass is 347 g/mol. The van der Waals surface area contributed by atoms with E-state index in [0.717, 1.165) is 12.0 Å². The lowest BCUT2D eigenvalue weighted by Crippen LogP contribution is -2.23.